The Kier molecular flexibility index (Phi) is 3.54. The standard InChI is InChI=1S/C3H7O.Sc/c1-3(2)4;/h3H,1-2H3;/q-1;+1. The summed E-state index contributed by atoms with van der Waals surface area (Å²) in [7, 11) is 0. The van der Waals surface area contributed by atoms with Crippen molar-refractivity contribution in [3.63, 3.8) is 0 Å². The van der Waals surface area contributed by atoms with Crippen LogP contribution in [0.5, 0.6) is 0 Å². The zero-order valence-electron chi connectivity index (χ0n) is 3.56. The van der Waals surface area contributed by atoms with Gasteiger partial charge < -0.3 is 0 Å². The van der Waals surface area contributed by atoms with Crippen molar-refractivity contribution in [2.75, 3.05) is 0 Å². The van der Waals surface area contributed by atoms with E-state index < -0.39 is 0 Å². The van der Waals surface area contributed by atoms with Gasteiger partial charge in [-0.3, -0.25) is 0 Å². The predicted molar refractivity (Wildman–Crippen MR) is 16.2 cm³/mol. The number of hydrogen-bond donors (Lipinski definition) is 0. The van der Waals surface area contributed by atoms with Gasteiger partial charge in [0, 0.05) is 0 Å². The molecule has 0 N–H and O–H groups in total. The molecule has 2 heteroatoms. The van der Waals surface area contributed by atoms with Crippen LogP contribution in [-0.4, -0.2) is 6.10 Å². The summed E-state index contributed by atoms with van der Waals surface area (Å²) in [4.78, 5) is 0. The van der Waals surface area contributed by atoms with Gasteiger partial charge in [-0.25, -0.2) is 0 Å². The average Bonchev–Trinajstić information content (AvgIpc) is 1.38. The summed E-state index contributed by atoms with van der Waals surface area (Å²) in [6, 6.07) is 0. The van der Waals surface area contributed by atoms with Crippen molar-refractivity contribution in [3.05, 3.63) is 0 Å². The Morgan fingerprint density at radius 2 is 1.80 bits per heavy atom. The van der Waals surface area contributed by atoms with Crippen molar-refractivity contribution >= 4 is 0 Å². The fourth-order valence-electron chi connectivity index (χ4n) is 0. The van der Waals surface area contributed by atoms with E-state index in [2.05, 4.69) is 0 Å². The normalized spacial score (nSPS) is 9.20. The van der Waals surface area contributed by atoms with E-state index in [0.29, 0.717) is 6.10 Å². The molecule has 0 spiro atoms. The second-order valence-corrected chi connectivity index (χ2v) is 1.61. The maximum absolute atomic E-state index is 4.81. The molecule has 0 fully saturated rings. The quantitative estimate of drug-likeness (QED) is 0.479. The van der Waals surface area contributed by atoms with Gasteiger partial charge in [-0.2, -0.15) is 0 Å². The Balaban J connectivity index is 2.54. The molecule has 28 valence electrons. The molecule has 0 saturated heterocycles. The first-order chi connectivity index (χ1) is 2.27. The Morgan fingerprint density at radius 1 is 1.60 bits per heavy atom. The molecule has 0 aromatic carbocycles. The third-order valence-electron chi connectivity index (χ3n) is 0.272. The molecule has 0 aliphatic heterocycles. The summed E-state index contributed by atoms with van der Waals surface area (Å²) in [5.74, 6) is 0. The van der Waals surface area contributed by atoms with Gasteiger partial charge in [0.25, 0.3) is 0 Å². The third kappa shape index (κ3) is 4.83. The van der Waals surface area contributed by atoms with Gasteiger partial charge in [0.05, 0.1) is 0 Å². The van der Waals surface area contributed by atoms with Crippen LogP contribution in [0.2, 0.25) is 0 Å². The van der Waals surface area contributed by atoms with Gasteiger partial charge in [0.2, 0.25) is 0 Å². The second kappa shape index (κ2) is 3.04. The molecule has 1 nitrogen and oxygen atoms in total. The molecular formula is C3H7OSc. The molecule has 0 amide bonds. The summed E-state index contributed by atoms with van der Waals surface area (Å²) in [5.41, 5.74) is 0. The van der Waals surface area contributed by atoms with E-state index >= 15 is 0 Å². The van der Waals surface area contributed by atoms with Crippen LogP contribution >= 0.6 is 0 Å². The summed E-state index contributed by atoms with van der Waals surface area (Å²) in [6.45, 7) is 4.03. The first-order valence-electron chi connectivity index (χ1n) is 1.63. The maximum atomic E-state index is 4.81. The number of hydrogen-bond acceptors (Lipinski definition) is 1. The SMILES string of the molecule is CC(C)[O][Sc]. The zero-order valence-corrected chi connectivity index (χ0v) is 5.37. The van der Waals surface area contributed by atoms with Gasteiger partial charge in [-0.15, -0.1) is 0 Å². The molecule has 0 rings (SSSR count). The molecular weight excluding hydrogens is 97.0 g/mol. The van der Waals surface area contributed by atoms with E-state index in [-0.39, 0.29) is 0 Å². The first-order valence-corrected chi connectivity index (χ1v) is 2.36. The van der Waals surface area contributed by atoms with Crippen molar-refractivity contribution in [1.82, 2.24) is 0 Å². The predicted octanol–water partition coefficient (Wildman–Crippen LogP) is 0.873. The average molecular weight is 104 g/mol. The second-order valence-electron chi connectivity index (χ2n) is 1.18. The van der Waals surface area contributed by atoms with Crippen LogP contribution in [0.1, 0.15) is 13.8 Å². The molecule has 0 unspecified atom stereocenters. The van der Waals surface area contributed by atoms with Gasteiger partial charge in [0.15, 0.2) is 0 Å². The van der Waals surface area contributed by atoms with Crippen LogP contribution < -0.4 is 0 Å². The Bertz CT molecular complexity index is 20.9. The molecule has 5 heavy (non-hydrogen) atoms. The van der Waals surface area contributed by atoms with Crippen LogP contribution in [-0.2, 0) is 27.7 Å². The minimum atomic E-state index is 0.412. The molecule has 0 heterocycles. The Morgan fingerprint density at radius 3 is 1.80 bits per heavy atom. The summed E-state index contributed by atoms with van der Waals surface area (Å²) in [6.07, 6.45) is 0.412. The summed E-state index contributed by atoms with van der Waals surface area (Å²) in [5, 5.41) is 0. The van der Waals surface area contributed by atoms with Crippen LogP contribution in [0.15, 0.2) is 0 Å². The molecule has 0 aliphatic rings. The van der Waals surface area contributed by atoms with Crippen LogP contribution in [0.25, 0.3) is 0 Å². The van der Waals surface area contributed by atoms with E-state index in [4.69, 9.17) is 2.85 Å². The molecule has 0 aromatic heterocycles. The summed E-state index contributed by atoms with van der Waals surface area (Å²) < 4.78 is 4.81. The molecule has 0 bridgehead atoms. The minimum absolute atomic E-state index is 0.412. The van der Waals surface area contributed by atoms with Gasteiger partial charge in [-0.1, -0.05) is 0 Å². The van der Waals surface area contributed by atoms with Gasteiger partial charge in [-0.05, 0) is 0 Å². The Labute approximate surface area is 47.9 Å². The van der Waals surface area contributed by atoms with Crippen molar-refractivity contribution in [2.24, 2.45) is 0 Å². The third-order valence-corrected chi connectivity index (χ3v) is 1.12. The van der Waals surface area contributed by atoms with Crippen LogP contribution in [0.3, 0.4) is 0 Å². The van der Waals surface area contributed by atoms with E-state index in [1.54, 1.807) is 0 Å². The molecule has 0 aliphatic carbocycles. The summed E-state index contributed by atoms with van der Waals surface area (Å²) >= 11 is 1.33. The van der Waals surface area contributed by atoms with Crippen LogP contribution in [0.4, 0.5) is 0 Å². The molecule has 0 radical (unpaired) electrons. The van der Waals surface area contributed by atoms with Crippen molar-refractivity contribution < 1.29 is 27.7 Å². The van der Waals surface area contributed by atoms with E-state index in [1.807, 2.05) is 13.8 Å². The van der Waals surface area contributed by atoms with Gasteiger partial charge in [0.1, 0.15) is 0 Å². The Hall–Kier alpha value is 0.830. The van der Waals surface area contributed by atoms with E-state index in [9.17, 15) is 0 Å². The molecule has 0 aromatic rings. The fourth-order valence-corrected chi connectivity index (χ4v) is 0. The first kappa shape index (κ1) is 5.83. The van der Waals surface area contributed by atoms with Crippen molar-refractivity contribution in [3.8, 4) is 0 Å². The fraction of sp³-hybridized carbons (Fsp3) is 1.00. The van der Waals surface area contributed by atoms with Crippen LogP contribution in [0, 0.1) is 0 Å². The topological polar surface area (TPSA) is 9.23 Å². The zero-order chi connectivity index (χ0) is 4.28. The van der Waals surface area contributed by atoms with E-state index in [0.717, 1.165) is 0 Å². The van der Waals surface area contributed by atoms with E-state index in [1.165, 1.54) is 24.8 Å². The molecule has 0 atom stereocenters. The van der Waals surface area contributed by atoms with Crippen molar-refractivity contribution in [2.45, 2.75) is 20.0 Å². The number of rotatable bonds is 1. The van der Waals surface area contributed by atoms with Crippen molar-refractivity contribution in [1.29, 1.82) is 0 Å². The molecule has 0 saturated carbocycles. The monoisotopic (exact) mass is 104 g/mol. The van der Waals surface area contributed by atoms with Gasteiger partial charge >= 0.3 is 47.6 Å².